The lowest BCUT2D eigenvalue weighted by molar-refractivity contribution is 0.0220. The Morgan fingerprint density at radius 3 is 2.41 bits per heavy atom. The summed E-state index contributed by atoms with van der Waals surface area (Å²) in [4.78, 5) is 34.4. The Kier molecular flexibility index (Phi) is 10.6. The van der Waals surface area contributed by atoms with Crippen LogP contribution in [0.3, 0.4) is 0 Å². The Hall–Kier alpha value is -3.16. The van der Waals surface area contributed by atoms with Crippen LogP contribution in [0.1, 0.15) is 70.1 Å². The predicted molar refractivity (Wildman–Crippen MR) is 126 cm³/mol. The first-order chi connectivity index (χ1) is 15.3. The molecule has 0 bridgehead atoms. The van der Waals surface area contributed by atoms with E-state index in [1.807, 2.05) is 54.5 Å². The number of fused-ring (bicyclic) bond motifs is 1. The molecule has 2 aromatic rings. The molecular weight excluding hydrogens is 408 g/mol. The highest BCUT2D eigenvalue weighted by molar-refractivity contribution is 5.90. The fourth-order valence-corrected chi connectivity index (χ4v) is 2.92. The van der Waals surface area contributed by atoms with Crippen LogP contribution in [0.15, 0.2) is 30.6 Å². The van der Waals surface area contributed by atoms with Crippen molar-refractivity contribution in [3.8, 4) is 0 Å². The number of benzene rings is 1. The van der Waals surface area contributed by atoms with E-state index in [9.17, 15) is 9.59 Å². The molecule has 8 nitrogen and oxygen atoms in total. The molecule has 0 saturated carbocycles. The summed E-state index contributed by atoms with van der Waals surface area (Å²) in [6.07, 6.45) is 1.72. The second-order valence-electron chi connectivity index (χ2n) is 7.50. The van der Waals surface area contributed by atoms with Gasteiger partial charge in [-0.25, -0.2) is 19.6 Å². The Bertz CT molecular complexity index is 894. The number of carbonyl (C=O) groups excluding carboxylic acids is 2. The van der Waals surface area contributed by atoms with E-state index in [1.165, 1.54) is 13.4 Å². The Balaban J connectivity index is 0.00000121. The zero-order valence-corrected chi connectivity index (χ0v) is 20.5. The summed E-state index contributed by atoms with van der Waals surface area (Å²) < 4.78 is 10.2. The van der Waals surface area contributed by atoms with Crippen LogP contribution in [0, 0.1) is 0 Å². The number of rotatable bonds is 3. The third kappa shape index (κ3) is 7.51. The summed E-state index contributed by atoms with van der Waals surface area (Å²) in [6, 6.07) is 7.00. The van der Waals surface area contributed by atoms with Gasteiger partial charge in [0.05, 0.1) is 24.9 Å². The number of ether oxygens (including phenoxy) is 2. The SMILES string of the molecule is CC.CC.COC(=O)c1cccc(Nc2ncnc3c2CCN(C(=O)OC(C)(C)C)C3)c1. The van der Waals surface area contributed by atoms with Crippen molar-refractivity contribution < 1.29 is 19.1 Å². The van der Waals surface area contributed by atoms with E-state index in [2.05, 4.69) is 15.3 Å². The number of carbonyl (C=O) groups is 2. The van der Waals surface area contributed by atoms with Crippen LogP contribution in [-0.4, -0.2) is 46.2 Å². The molecule has 0 radical (unpaired) electrons. The van der Waals surface area contributed by atoms with Crippen LogP contribution in [0.4, 0.5) is 16.3 Å². The van der Waals surface area contributed by atoms with Crippen LogP contribution in [0.5, 0.6) is 0 Å². The highest BCUT2D eigenvalue weighted by Gasteiger charge is 2.28. The fraction of sp³-hybridized carbons (Fsp3) is 0.500. The first-order valence-electron chi connectivity index (χ1n) is 11.0. The molecule has 176 valence electrons. The molecule has 32 heavy (non-hydrogen) atoms. The van der Waals surface area contributed by atoms with Gasteiger partial charge in [0.25, 0.3) is 0 Å². The first kappa shape index (κ1) is 26.9. The molecular formula is C24H36N4O4. The molecule has 0 unspecified atom stereocenters. The van der Waals surface area contributed by atoms with Crippen molar-refractivity contribution in [3.63, 3.8) is 0 Å². The molecule has 0 aliphatic carbocycles. The van der Waals surface area contributed by atoms with Crippen molar-refractivity contribution in [1.82, 2.24) is 14.9 Å². The largest absolute Gasteiger partial charge is 0.465 e. The number of hydrogen-bond donors (Lipinski definition) is 1. The third-order valence-corrected chi connectivity index (χ3v) is 4.21. The summed E-state index contributed by atoms with van der Waals surface area (Å²) in [5.74, 6) is 0.261. The topological polar surface area (TPSA) is 93.6 Å². The molecule has 1 aromatic carbocycles. The molecule has 1 aromatic heterocycles. The van der Waals surface area contributed by atoms with Crippen LogP contribution >= 0.6 is 0 Å². The van der Waals surface area contributed by atoms with Crippen molar-refractivity contribution >= 4 is 23.6 Å². The minimum atomic E-state index is -0.541. The quantitative estimate of drug-likeness (QED) is 0.638. The van der Waals surface area contributed by atoms with E-state index in [1.54, 1.807) is 23.1 Å². The van der Waals surface area contributed by atoms with E-state index < -0.39 is 11.6 Å². The smallest absolute Gasteiger partial charge is 0.410 e. The van der Waals surface area contributed by atoms with Gasteiger partial charge < -0.3 is 19.7 Å². The lowest BCUT2D eigenvalue weighted by Gasteiger charge is -2.31. The van der Waals surface area contributed by atoms with E-state index in [-0.39, 0.29) is 6.09 Å². The third-order valence-electron chi connectivity index (χ3n) is 4.21. The number of nitrogens with one attached hydrogen (secondary N) is 1. The zero-order chi connectivity index (χ0) is 24.3. The molecule has 1 amide bonds. The molecule has 3 rings (SSSR count). The van der Waals surface area contributed by atoms with Gasteiger partial charge in [-0.1, -0.05) is 33.8 Å². The molecule has 8 heteroatoms. The van der Waals surface area contributed by atoms with Crippen molar-refractivity contribution in [1.29, 1.82) is 0 Å². The Labute approximate surface area is 191 Å². The Morgan fingerprint density at radius 2 is 1.78 bits per heavy atom. The normalized spacial score (nSPS) is 12.2. The standard InChI is InChI=1S/C20H24N4O4.2C2H6/c1-20(2,3)28-19(26)24-9-8-15-16(11-24)21-12-22-17(15)23-14-7-5-6-13(10-14)18(25)27-4;2*1-2/h5-7,10,12H,8-9,11H2,1-4H3,(H,21,22,23);2*1-2H3. The van der Waals surface area contributed by atoms with Crippen molar-refractivity contribution in [2.75, 3.05) is 19.0 Å². The number of esters is 1. The summed E-state index contributed by atoms with van der Waals surface area (Å²) in [6.45, 7) is 14.4. The van der Waals surface area contributed by atoms with Crippen molar-refractivity contribution in [2.45, 2.75) is 67.0 Å². The second-order valence-corrected chi connectivity index (χ2v) is 7.50. The highest BCUT2D eigenvalue weighted by atomic mass is 16.6. The molecule has 1 aliphatic heterocycles. The summed E-state index contributed by atoms with van der Waals surface area (Å²) in [5.41, 5.74) is 2.36. The number of aromatic nitrogens is 2. The van der Waals surface area contributed by atoms with E-state index in [4.69, 9.17) is 9.47 Å². The number of hydrogen-bond acceptors (Lipinski definition) is 7. The van der Waals surface area contributed by atoms with Crippen LogP contribution < -0.4 is 5.32 Å². The molecule has 0 saturated heterocycles. The molecule has 0 spiro atoms. The van der Waals surface area contributed by atoms with Gasteiger partial charge in [-0.3, -0.25) is 0 Å². The second kappa shape index (κ2) is 12.6. The molecule has 1 N–H and O–H groups in total. The minimum Gasteiger partial charge on any atom is -0.465 e. The zero-order valence-electron chi connectivity index (χ0n) is 20.5. The molecule has 2 heterocycles. The van der Waals surface area contributed by atoms with Gasteiger partial charge in [-0.15, -0.1) is 0 Å². The average molecular weight is 445 g/mol. The van der Waals surface area contributed by atoms with Gasteiger partial charge in [-0.05, 0) is 45.4 Å². The maximum absolute atomic E-state index is 12.3. The van der Waals surface area contributed by atoms with Crippen LogP contribution in [0.2, 0.25) is 0 Å². The summed E-state index contributed by atoms with van der Waals surface area (Å²) >= 11 is 0. The maximum Gasteiger partial charge on any atom is 0.410 e. The number of methoxy groups -OCH3 is 1. The van der Waals surface area contributed by atoms with E-state index in [0.29, 0.717) is 30.9 Å². The number of nitrogens with zero attached hydrogens (tertiary/aromatic N) is 3. The van der Waals surface area contributed by atoms with Crippen molar-refractivity contribution in [2.24, 2.45) is 0 Å². The number of amides is 1. The van der Waals surface area contributed by atoms with Gasteiger partial charge in [0, 0.05) is 17.8 Å². The Morgan fingerprint density at radius 1 is 1.09 bits per heavy atom. The van der Waals surface area contributed by atoms with Gasteiger partial charge >= 0.3 is 12.1 Å². The van der Waals surface area contributed by atoms with Crippen LogP contribution in [-0.2, 0) is 22.4 Å². The monoisotopic (exact) mass is 444 g/mol. The predicted octanol–water partition coefficient (Wildman–Crippen LogP) is 5.35. The van der Waals surface area contributed by atoms with Gasteiger partial charge in [-0.2, -0.15) is 0 Å². The lowest BCUT2D eigenvalue weighted by atomic mass is 10.1. The molecule has 0 fully saturated rings. The van der Waals surface area contributed by atoms with E-state index >= 15 is 0 Å². The summed E-state index contributed by atoms with van der Waals surface area (Å²) in [5, 5.41) is 3.24. The highest BCUT2D eigenvalue weighted by Crippen LogP contribution is 2.26. The molecule has 0 atom stereocenters. The van der Waals surface area contributed by atoms with Gasteiger partial charge in [0.15, 0.2) is 0 Å². The minimum absolute atomic E-state index is 0.350. The van der Waals surface area contributed by atoms with Crippen molar-refractivity contribution in [3.05, 3.63) is 47.4 Å². The average Bonchev–Trinajstić information content (AvgIpc) is 2.80. The summed E-state index contributed by atoms with van der Waals surface area (Å²) in [7, 11) is 1.35. The van der Waals surface area contributed by atoms with Crippen LogP contribution in [0.25, 0.3) is 0 Å². The number of anilines is 2. The first-order valence-corrected chi connectivity index (χ1v) is 11.0. The lowest BCUT2D eigenvalue weighted by Crippen LogP contribution is -2.40. The maximum atomic E-state index is 12.3. The molecule has 1 aliphatic rings. The van der Waals surface area contributed by atoms with Gasteiger partial charge in [0.1, 0.15) is 17.7 Å². The van der Waals surface area contributed by atoms with E-state index in [0.717, 1.165) is 16.9 Å². The van der Waals surface area contributed by atoms with Gasteiger partial charge in [0.2, 0.25) is 0 Å². The fourth-order valence-electron chi connectivity index (χ4n) is 2.92.